The number of ether oxygens (including phenoxy) is 1. The van der Waals surface area contributed by atoms with E-state index in [4.69, 9.17) is 10.6 Å². The molecule has 3 N–H and O–H groups in total. The number of nitrogens with one attached hydrogen (secondary N) is 1. The van der Waals surface area contributed by atoms with Crippen LogP contribution in [-0.2, 0) is 0 Å². The molecule has 2 heterocycles. The van der Waals surface area contributed by atoms with Gasteiger partial charge in [-0.1, -0.05) is 20.8 Å². The highest BCUT2D eigenvalue weighted by Crippen LogP contribution is 2.31. The minimum Gasteiger partial charge on any atom is -0.463 e. The molecule has 8 heteroatoms. The van der Waals surface area contributed by atoms with Gasteiger partial charge in [0.05, 0.1) is 6.61 Å². The first kappa shape index (κ1) is 16.1. The van der Waals surface area contributed by atoms with Gasteiger partial charge in [-0.2, -0.15) is 26.7 Å². The smallest absolute Gasteiger partial charge is 0.323 e. The third-order valence-corrected chi connectivity index (χ3v) is 4.66. The molecule has 1 fully saturated rings. The van der Waals surface area contributed by atoms with Gasteiger partial charge in [0.1, 0.15) is 0 Å². The molecular weight excluding hydrogens is 288 g/mol. The topological polar surface area (TPSA) is 89.2 Å². The summed E-state index contributed by atoms with van der Waals surface area (Å²) < 4.78 is 5.80. The fraction of sp³-hybridized carbons (Fsp3) is 0.769. The number of nitrogens with zero attached hydrogens (tertiary/aromatic N) is 4. The number of anilines is 2. The third kappa shape index (κ3) is 4.60. The maximum Gasteiger partial charge on any atom is 0.323 e. The van der Waals surface area contributed by atoms with Crippen LogP contribution in [0.25, 0.3) is 0 Å². The third-order valence-electron chi connectivity index (χ3n) is 3.29. The maximum atomic E-state index is 5.51. The van der Waals surface area contributed by atoms with E-state index in [0.717, 1.165) is 31.7 Å². The van der Waals surface area contributed by atoms with E-state index in [1.54, 1.807) is 0 Å². The molecule has 0 unspecified atom stereocenters. The lowest BCUT2D eigenvalue weighted by atomic mass is 10.1. The van der Waals surface area contributed by atoms with Crippen molar-refractivity contribution in [1.29, 1.82) is 0 Å². The summed E-state index contributed by atoms with van der Waals surface area (Å²) in [6, 6.07) is 0.325. The van der Waals surface area contributed by atoms with Gasteiger partial charge >= 0.3 is 6.01 Å². The highest BCUT2D eigenvalue weighted by atomic mass is 32.2. The van der Waals surface area contributed by atoms with E-state index in [9.17, 15) is 0 Å². The van der Waals surface area contributed by atoms with Crippen LogP contribution >= 0.6 is 11.8 Å². The number of nitrogen functional groups attached to an aromatic ring is 1. The number of hydrogen-bond acceptors (Lipinski definition) is 8. The highest BCUT2D eigenvalue weighted by Gasteiger charge is 2.25. The zero-order chi connectivity index (χ0) is 15.3. The van der Waals surface area contributed by atoms with Crippen LogP contribution in [0.2, 0.25) is 0 Å². The lowest BCUT2D eigenvalue weighted by Crippen LogP contribution is -2.29. The molecule has 0 aromatic carbocycles. The van der Waals surface area contributed by atoms with Crippen molar-refractivity contribution in [2.75, 3.05) is 35.8 Å². The molecular formula is C13H24N6OS. The van der Waals surface area contributed by atoms with Crippen molar-refractivity contribution in [2.45, 2.75) is 38.4 Å². The van der Waals surface area contributed by atoms with E-state index in [-0.39, 0.29) is 4.75 Å². The molecule has 2 rings (SSSR count). The van der Waals surface area contributed by atoms with Gasteiger partial charge in [-0.15, -0.1) is 0 Å². The van der Waals surface area contributed by atoms with Crippen molar-refractivity contribution in [3.63, 3.8) is 0 Å². The van der Waals surface area contributed by atoms with Crippen LogP contribution in [0.5, 0.6) is 6.01 Å². The van der Waals surface area contributed by atoms with E-state index in [1.807, 2.05) is 18.7 Å². The summed E-state index contributed by atoms with van der Waals surface area (Å²) in [6.07, 6.45) is 1.99. The SMILES string of the molecule is CCCOc1nc(NN)nc(N2CCSC(C)(C)CC2)n1. The van der Waals surface area contributed by atoms with Gasteiger partial charge in [-0.25, -0.2) is 5.84 Å². The van der Waals surface area contributed by atoms with Gasteiger partial charge in [0.2, 0.25) is 11.9 Å². The van der Waals surface area contributed by atoms with Gasteiger partial charge in [-0.05, 0) is 12.8 Å². The summed E-state index contributed by atoms with van der Waals surface area (Å²) >= 11 is 1.98. The summed E-state index contributed by atoms with van der Waals surface area (Å²) in [5.74, 6) is 7.45. The van der Waals surface area contributed by atoms with Crippen LogP contribution in [0, 0.1) is 0 Å². The Morgan fingerprint density at radius 1 is 1.33 bits per heavy atom. The van der Waals surface area contributed by atoms with E-state index in [0.29, 0.717) is 24.5 Å². The predicted molar refractivity (Wildman–Crippen MR) is 86.8 cm³/mol. The molecule has 7 nitrogen and oxygen atoms in total. The van der Waals surface area contributed by atoms with E-state index < -0.39 is 0 Å². The zero-order valence-corrected chi connectivity index (χ0v) is 13.7. The second kappa shape index (κ2) is 7.13. The molecule has 1 aromatic heterocycles. The summed E-state index contributed by atoms with van der Waals surface area (Å²) in [5, 5.41) is 0. The van der Waals surface area contributed by atoms with Crippen LogP contribution in [0.15, 0.2) is 0 Å². The number of hydrazine groups is 1. The second-order valence-electron chi connectivity index (χ2n) is 5.58. The normalized spacial score (nSPS) is 18.2. The average molecular weight is 312 g/mol. The molecule has 0 aliphatic carbocycles. The zero-order valence-electron chi connectivity index (χ0n) is 12.9. The first-order chi connectivity index (χ1) is 10.0. The molecule has 0 amide bonds. The molecule has 0 radical (unpaired) electrons. The molecule has 0 spiro atoms. The number of aromatic nitrogens is 3. The molecule has 1 saturated heterocycles. The fourth-order valence-corrected chi connectivity index (χ4v) is 3.13. The minimum absolute atomic E-state index is 0.290. The molecule has 1 aliphatic heterocycles. The number of rotatable bonds is 5. The molecule has 0 saturated carbocycles. The summed E-state index contributed by atoms with van der Waals surface area (Å²) in [7, 11) is 0. The molecule has 0 atom stereocenters. The van der Waals surface area contributed by atoms with E-state index in [2.05, 4.69) is 39.1 Å². The van der Waals surface area contributed by atoms with Crippen LogP contribution in [0.1, 0.15) is 33.6 Å². The molecule has 1 aliphatic rings. The van der Waals surface area contributed by atoms with Gasteiger partial charge in [0.15, 0.2) is 0 Å². The first-order valence-electron chi connectivity index (χ1n) is 7.28. The van der Waals surface area contributed by atoms with Gasteiger partial charge in [0, 0.05) is 23.6 Å². The van der Waals surface area contributed by atoms with Gasteiger partial charge in [-0.3, -0.25) is 5.43 Å². The van der Waals surface area contributed by atoms with Gasteiger partial charge in [0.25, 0.3) is 0 Å². The van der Waals surface area contributed by atoms with Gasteiger partial charge < -0.3 is 9.64 Å². The Balaban J connectivity index is 2.17. The Bertz CT molecular complexity index is 470. The Morgan fingerprint density at radius 3 is 2.86 bits per heavy atom. The highest BCUT2D eigenvalue weighted by molar-refractivity contribution is 8.00. The molecule has 21 heavy (non-hydrogen) atoms. The number of hydrogen-bond donors (Lipinski definition) is 2. The Morgan fingerprint density at radius 2 is 2.14 bits per heavy atom. The van der Waals surface area contributed by atoms with Crippen molar-refractivity contribution in [1.82, 2.24) is 15.0 Å². The summed E-state index contributed by atoms with van der Waals surface area (Å²) in [6.45, 7) is 9.00. The first-order valence-corrected chi connectivity index (χ1v) is 8.27. The maximum absolute atomic E-state index is 5.51. The second-order valence-corrected chi connectivity index (χ2v) is 7.38. The minimum atomic E-state index is 0.290. The van der Waals surface area contributed by atoms with Crippen molar-refractivity contribution in [3.8, 4) is 6.01 Å². The number of nitrogens with two attached hydrogens (primary N) is 1. The van der Waals surface area contributed by atoms with E-state index >= 15 is 0 Å². The van der Waals surface area contributed by atoms with Crippen molar-refractivity contribution in [3.05, 3.63) is 0 Å². The van der Waals surface area contributed by atoms with Crippen molar-refractivity contribution >= 4 is 23.7 Å². The lowest BCUT2D eigenvalue weighted by molar-refractivity contribution is 0.292. The van der Waals surface area contributed by atoms with E-state index in [1.165, 1.54) is 0 Å². The summed E-state index contributed by atoms with van der Waals surface area (Å²) in [4.78, 5) is 15.1. The standard InChI is InChI=1S/C13H24N6OS/c1-4-8-20-12-16-10(18-14)15-11(17-12)19-6-5-13(2,3)21-9-7-19/h4-9,14H2,1-3H3,(H,15,16,17,18). The molecule has 0 bridgehead atoms. The Hall–Kier alpha value is -1.28. The quantitative estimate of drug-likeness (QED) is 0.627. The lowest BCUT2D eigenvalue weighted by Gasteiger charge is -2.23. The summed E-state index contributed by atoms with van der Waals surface area (Å²) in [5.41, 5.74) is 2.48. The Labute approximate surface area is 130 Å². The van der Waals surface area contributed by atoms with Crippen molar-refractivity contribution < 1.29 is 4.74 Å². The van der Waals surface area contributed by atoms with Crippen LogP contribution in [0.3, 0.4) is 0 Å². The average Bonchev–Trinajstić information content (AvgIpc) is 2.65. The predicted octanol–water partition coefficient (Wildman–Crippen LogP) is 1.67. The monoisotopic (exact) mass is 312 g/mol. The fourth-order valence-electron chi connectivity index (χ4n) is 2.03. The van der Waals surface area contributed by atoms with Crippen LogP contribution in [0.4, 0.5) is 11.9 Å². The Kier molecular flexibility index (Phi) is 5.46. The number of thioether (sulfide) groups is 1. The van der Waals surface area contributed by atoms with Crippen LogP contribution in [-0.4, -0.2) is 45.1 Å². The largest absolute Gasteiger partial charge is 0.463 e. The molecule has 118 valence electrons. The van der Waals surface area contributed by atoms with Crippen molar-refractivity contribution in [2.24, 2.45) is 5.84 Å². The molecule has 1 aromatic rings. The van der Waals surface area contributed by atoms with Crippen LogP contribution < -0.4 is 20.9 Å².